The number of benzene rings is 1. The van der Waals surface area contributed by atoms with E-state index < -0.39 is 6.10 Å². The molecule has 1 aromatic carbocycles. The molecule has 1 aromatic rings. The van der Waals surface area contributed by atoms with Crippen LogP contribution in [0, 0.1) is 11.7 Å². The van der Waals surface area contributed by atoms with Gasteiger partial charge in [0.05, 0.1) is 6.10 Å². The predicted molar refractivity (Wildman–Crippen MR) is 71.8 cm³/mol. The topological polar surface area (TPSA) is 40.5 Å². The first-order valence-corrected chi connectivity index (χ1v) is 6.47. The molecule has 0 saturated carbocycles. The fourth-order valence-electron chi connectivity index (χ4n) is 2.26. The third-order valence-electron chi connectivity index (χ3n) is 3.53. The molecule has 4 heteroatoms. The standard InChI is InChI=1S/C15H18FNO2/c1-11(18)13-8-9-17(10-13)15(19)7-6-12-4-2-3-5-14(12)16/h2-7,11,13,18H,8-10H2,1H3/b7-6+. The molecule has 2 rings (SSSR count). The molecule has 1 saturated heterocycles. The minimum absolute atomic E-state index is 0.133. The molecule has 0 spiro atoms. The third-order valence-corrected chi connectivity index (χ3v) is 3.53. The van der Waals surface area contributed by atoms with Crippen molar-refractivity contribution < 1.29 is 14.3 Å². The summed E-state index contributed by atoms with van der Waals surface area (Å²) < 4.78 is 13.4. The summed E-state index contributed by atoms with van der Waals surface area (Å²) in [5, 5.41) is 9.49. The van der Waals surface area contributed by atoms with Crippen LogP contribution >= 0.6 is 0 Å². The number of aliphatic hydroxyl groups is 1. The van der Waals surface area contributed by atoms with E-state index in [1.807, 2.05) is 0 Å². The summed E-state index contributed by atoms with van der Waals surface area (Å²) in [5.74, 6) is -0.327. The summed E-state index contributed by atoms with van der Waals surface area (Å²) in [4.78, 5) is 13.6. The van der Waals surface area contributed by atoms with Crippen molar-refractivity contribution in [2.75, 3.05) is 13.1 Å². The summed E-state index contributed by atoms with van der Waals surface area (Å²) in [6.45, 7) is 2.96. The highest BCUT2D eigenvalue weighted by molar-refractivity contribution is 5.92. The van der Waals surface area contributed by atoms with E-state index in [9.17, 15) is 14.3 Å². The lowest BCUT2D eigenvalue weighted by Crippen LogP contribution is -2.28. The zero-order valence-corrected chi connectivity index (χ0v) is 10.9. The Labute approximate surface area is 112 Å². The van der Waals surface area contributed by atoms with E-state index >= 15 is 0 Å². The molecule has 0 aromatic heterocycles. The number of halogens is 1. The molecule has 1 aliphatic rings. The molecule has 102 valence electrons. The van der Waals surface area contributed by atoms with Gasteiger partial charge >= 0.3 is 0 Å². The van der Waals surface area contributed by atoms with Gasteiger partial charge in [0.2, 0.25) is 5.91 Å². The zero-order valence-electron chi connectivity index (χ0n) is 10.9. The van der Waals surface area contributed by atoms with E-state index in [1.54, 1.807) is 30.0 Å². The second kappa shape index (κ2) is 5.97. The van der Waals surface area contributed by atoms with Crippen molar-refractivity contribution in [2.45, 2.75) is 19.4 Å². The maximum atomic E-state index is 13.4. The predicted octanol–water partition coefficient (Wildman–Crippen LogP) is 2.07. The lowest BCUT2D eigenvalue weighted by atomic mass is 10.0. The van der Waals surface area contributed by atoms with Crippen molar-refractivity contribution in [2.24, 2.45) is 5.92 Å². The number of amides is 1. The molecule has 1 fully saturated rings. The van der Waals surface area contributed by atoms with Gasteiger partial charge in [-0.05, 0) is 25.5 Å². The first-order chi connectivity index (χ1) is 9.08. The molecule has 1 amide bonds. The van der Waals surface area contributed by atoms with Gasteiger partial charge in [0.15, 0.2) is 0 Å². The Morgan fingerprint density at radius 3 is 2.89 bits per heavy atom. The highest BCUT2D eigenvalue weighted by atomic mass is 19.1. The molecule has 19 heavy (non-hydrogen) atoms. The van der Waals surface area contributed by atoms with Crippen LogP contribution in [-0.4, -0.2) is 35.1 Å². The van der Waals surface area contributed by atoms with Gasteiger partial charge in [0.1, 0.15) is 5.82 Å². The average Bonchev–Trinajstić information content (AvgIpc) is 2.87. The van der Waals surface area contributed by atoms with Crippen molar-refractivity contribution in [1.82, 2.24) is 4.90 Å². The van der Waals surface area contributed by atoms with E-state index in [2.05, 4.69) is 0 Å². The van der Waals surface area contributed by atoms with Crippen LogP contribution in [0.4, 0.5) is 4.39 Å². The van der Waals surface area contributed by atoms with E-state index in [-0.39, 0.29) is 17.6 Å². The van der Waals surface area contributed by atoms with Gasteiger partial charge in [-0.3, -0.25) is 4.79 Å². The van der Waals surface area contributed by atoms with E-state index in [4.69, 9.17) is 0 Å². The second-order valence-corrected chi connectivity index (χ2v) is 4.93. The van der Waals surface area contributed by atoms with Gasteiger partial charge < -0.3 is 10.0 Å². The Kier molecular flexibility index (Phi) is 4.32. The summed E-state index contributed by atoms with van der Waals surface area (Å²) in [6, 6.07) is 6.33. The largest absolute Gasteiger partial charge is 0.393 e. The van der Waals surface area contributed by atoms with Crippen LogP contribution in [0.5, 0.6) is 0 Å². The van der Waals surface area contributed by atoms with Gasteiger partial charge in [0.25, 0.3) is 0 Å². The third kappa shape index (κ3) is 3.41. The van der Waals surface area contributed by atoms with Crippen molar-refractivity contribution in [1.29, 1.82) is 0 Å². The van der Waals surface area contributed by atoms with E-state index in [0.29, 0.717) is 18.7 Å². The zero-order chi connectivity index (χ0) is 13.8. The van der Waals surface area contributed by atoms with E-state index in [1.165, 1.54) is 18.2 Å². The van der Waals surface area contributed by atoms with Crippen molar-refractivity contribution in [3.63, 3.8) is 0 Å². The van der Waals surface area contributed by atoms with Gasteiger partial charge in [-0.25, -0.2) is 4.39 Å². The molecule has 0 radical (unpaired) electrons. The highest BCUT2D eigenvalue weighted by Crippen LogP contribution is 2.20. The monoisotopic (exact) mass is 263 g/mol. The Morgan fingerprint density at radius 2 is 2.26 bits per heavy atom. The second-order valence-electron chi connectivity index (χ2n) is 4.93. The van der Waals surface area contributed by atoms with Crippen molar-refractivity contribution >= 4 is 12.0 Å². The quantitative estimate of drug-likeness (QED) is 0.848. The lowest BCUT2D eigenvalue weighted by Gasteiger charge is -2.15. The SMILES string of the molecule is CC(O)C1CCN(C(=O)/C=C/c2ccccc2F)C1. The van der Waals surface area contributed by atoms with Crippen LogP contribution in [-0.2, 0) is 4.79 Å². The molecule has 1 N–H and O–H groups in total. The summed E-state index contributed by atoms with van der Waals surface area (Å²) in [6.07, 6.45) is 3.31. The van der Waals surface area contributed by atoms with Gasteiger partial charge in [-0.1, -0.05) is 18.2 Å². The summed E-state index contributed by atoms with van der Waals surface area (Å²) in [7, 11) is 0. The number of nitrogens with zero attached hydrogens (tertiary/aromatic N) is 1. The van der Waals surface area contributed by atoms with Crippen LogP contribution in [0.2, 0.25) is 0 Å². The molecular weight excluding hydrogens is 245 g/mol. The fraction of sp³-hybridized carbons (Fsp3) is 0.400. The van der Waals surface area contributed by atoms with Gasteiger partial charge in [-0.15, -0.1) is 0 Å². The minimum Gasteiger partial charge on any atom is -0.393 e. The number of hydrogen-bond acceptors (Lipinski definition) is 2. The lowest BCUT2D eigenvalue weighted by molar-refractivity contribution is -0.125. The Balaban J connectivity index is 1.97. The first kappa shape index (κ1) is 13.7. The number of aliphatic hydroxyl groups excluding tert-OH is 1. The summed E-state index contributed by atoms with van der Waals surface area (Å²) in [5.41, 5.74) is 0.405. The number of likely N-dealkylation sites (tertiary alicyclic amines) is 1. The van der Waals surface area contributed by atoms with Gasteiger partial charge in [0, 0.05) is 30.6 Å². The molecule has 1 aliphatic heterocycles. The van der Waals surface area contributed by atoms with Crippen LogP contribution in [0.1, 0.15) is 18.9 Å². The molecule has 2 unspecified atom stereocenters. The number of hydrogen-bond donors (Lipinski definition) is 1. The fourth-order valence-corrected chi connectivity index (χ4v) is 2.26. The van der Waals surface area contributed by atoms with Crippen LogP contribution in [0.25, 0.3) is 6.08 Å². The van der Waals surface area contributed by atoms with Crippen LogP contribution < -0.4 is 0 Å². The average molecular weight is 263 g/mol. The Hall–Kier alpha value is -1.68. The smallest absolute Gasteiger partial charge is 0.246 e. The maximum absolute atomic E-state index is 13.4. The summed E-state index contributed by atoms with van der Waals surface area (Å²) >= 11 is 0. The molecule has 1 heterocycles. The first-order valence-electron chi connectivity index (χ1n) is 6.47. The molecular formula is C15H18FNO2. The van der Waals surface area contributed by atoms with Crippen molar-refractivity contribution in [3.05, 3.63) is 41.7 Å². The van der Waals surface area contributed by atoms with Gasteiger partial charge in [-0.2, -0.15) is 0 Å². The maximum Gasteiger partial charge on any atom is 0.246 e. The molecule has 0 bridgehead atoms. The normalized spacial score (nSPS) is 21.0. The highest BCUT2D eigenvalue weighted by Gasteiger charge is 2.27. The van der Waals surface area contributed by atoms with Crippen molar-refractivity contribution in [3.8, 4) is 0 Å². The number of carbonyl (C=O) groups is 1. The Morgan fingerprint density at radius 1 is 1.53 bits per heavy atom. The minimum atomic E-state index is -0.395. The molecule has 0 aliphatic carbocycles. The van der Waals surface area contributed by atoms with Crippen LogP contribution in [0.15, 0.2) is 30.3 Å². The van der Waals surface area contributed by atoms with Crippen LogP contribution in [0.3, 0.4) is 0 Å². The number of carbonyl (C=O) groups excluding carboxylic acids is 1. The molecule has 2 atom stereocenters. The Bertz CT molecular complexity index is 485. The number of rotatable bonds is 3. The van der Waals surface area contributed by atoms with E-state index in [0.717, 1.165) is 6.42 Å². The molecule has 3 nitrogen and oxygen atoms in total.